The number of hydrogen-bond acceptors (Lipinski definition) is 5. The average Bonchev–Trinajstić information content (AvgIpc) is 2.59. The van der Waals surface area contributed by atoms with Crippen LogP contribution in [0.2, 0.25) is 0 Å². The van der Waals surface area contributed by atoms with E-state index in [1.54, 1.807) is 60.7 Å². The zero-order valence-corrected chi connectivity index (χ0v) is 11.7. The third kappa shape index (κ3) is 4.28. The highest BCUT2D eigenvalue weighted by atomic mass is 16.6. The zero-order chi connectivity index (χ0) is 15.8. The Morgan fingerprint density at radius 3 is 1.86 bits per heavy atom. The molecular weight excluding hydrogens is 284 g/mol. The summed E-state index contributed by atoms with van der Waals surface area (Å²) in [7, 11) is 0. The van der Waals surface area contributed by atoms with E-state index in [0.29, 0.717) is 17.4 Å². The largest absolute Gasteiger partial charge is 0.458 e. The molecular formula is C17H14O5. The molecule has 0 aromatic heterocycles. The van der Waals surface area contributed by atoms with Crippen molar-refractivity contribution in [2.45, 2.75) is 6.10 Å². The van der Waals surface area contributed by atoms with E-state index in [2.05, 4.69) is 0 Å². The van der Waals surface area contributed by atoms with E-state index < -0.39 is 18.0 Å². The summed E-state index contributed by atoms with van der Waals surface area (Å²) < 4.78 is 9.96. The number of benzene rings is 2. The molecule has 0 radical (unpaired) electrons. The maximum Gasteiger partial charge on any atom is 0.338 e. The molecule has 22 heavy (non-hydrogen) atoms. The third-order valence-electron chi connectivity index (χ3n) is 2.81. The maximum absolute atomic E-state index is 11.8. The highest BCUT2D eigenvalue weighted by Crippen LogP contribution is 2.05. The molecule has 0 saturated heterocycles. The smallest absolute Gasteiger partial charge is 0.338 e. The van der Waals surface area contributed by atoms with Gasteiger partial charge in [0.1, 0.15) is 6.61 Å². The molecule has 112 valence electrons. The van der Waals surface area contributed by atoms with Gasteiger partial charge in [-0.2, -0.15) is 0 Å². The van der Waals surface area contributed by atoms with Gasteiger partial charge in [-0.05, 0) is 24.3 Å². The van der Waals surface area contributed by atoms with Crippen molar-refractivity contribution < 1.29 is 23.9 Å². The monoisotopic (exact) mass is 298 g/mol. The molecule has 2 aromatic rings. The van der Waals surface area contributed by atoms with Crippen molar-refractivity contribution in [2.24, 2.45) is 0 Å². The lowest BCUT2D eigenvalue weighted by atomic mass is 10.2. The summed E-state index contributed by atoms with van der Waals surface area (Å²) in [5.41, 5.74) is 0.685. The minimum atomic E-state index is -1.14. The second-order valence-electron chi connectivity index (χ2n) is 4.41. The van der Waals surface area contributed by atoms with Crippen molar-refractivity contribution in [1.29, 1.82) is 0 Å². The van der Waals surface area contributed by atoms with Crippen LogP contribution in [0.4, 0.5) is 0 Å². The molecule has 0 N–H and O–H groups in total. The number of carbonyl (C=O) groups excluding carboxylic acids is 3. The van der Waals surface area contributed by atoms with Crippen LogP contribution in [-0.2, 0) is 14.3 Å². The molecule has 0 saturated carbocycles. The first kappa shape index (κ1) is 15.4. The molecule has 1 atom stereocenters. The van der Waals surface area contributed by atoms with Crippen molar-refractivity contribution in [3.05, 3.63) is 71.8 Å². The summed E-state index contributed by atoms with van der Waals surface area (Å²) in [5, 5.41) is 0. The van der Waals surface area contributed by atoms with Gasteiger partial charge in [-0.3, -0.25) is 4.79 Å². The standard InChI is InChI=1S/C17H14O5/c18-11-15(22-17(20)14-9-5-2-6-10-14)12-21-16(19)13-7-3-1-4-8-13/h1-11,15H,12H2. The average molecular weight is 298 g/mol. The molecule has 2 rings (SSSR count). The first-order valence-corrected chi connectivity index (χ1v) is 6.64. The number of ether oxygens (including phenoxy) is 2. The van der Waals surface area contributed by atoms with Gasteiger partial charge in [-0.1, -0.05) is 36.4 Å². The van der Waals surface area contributed by atoms with Crippen LogP contribution in [0, 0.1) is 0 Å². The van der Waals surface area contributed by atoms with Gasteiger partial charge in [0.15, 0.2) is 12.4 Å². The van der Waals surface area contributed by atoms with Gasteiger partial charge in [-0.25, -0.2) is 9.59 Å². The molecule has 0 spiro atoms. The minimum Gasteiger partial charge on any atom is -0.458 e. The summed E-state index contributed by atoms with van der Waals surface area (Å²) >= 11 is 0. The fourth-order valence-corrected chi connectivity index (χ4v) is 1.70. The lowest BCUT2D eigenvalue weighted by Crippen LogP contribution is -2.26. The predicted octanol–water partition coefficient (Wildman–Crippen LogP) is 2.27. The van der Waals surface area contributed by atoms with E-state index in [4.69, 9.17) is 9.47 Å². The molecule has 0 amide bonds. The van der Waals surface area contributed by atoms with Gasteiger partial charge >= 0.3 is 11.9 Å². The Morgan fingerprint density at radius 2 is 1.36 bits per heavy atom. The van der Waals surface area contributed by atoms with Crippen LogP contribution in [0.3, 0.4) is 0 Å². The first-order valence-electron chi connectivity index (χ1n) is 6.64. The highest BCUT2D eigenvalue weighted by molar-refractivity contribution is 5.91. The number of rotatable bonds is 6. The molecule has 0 aliphatic heterocycles. The van der Waals surface area contributed by atoms with Crippen molar-refractivity contribution in [1.82, 2.24) is 0 Å². The molecule has 1 unspecified atom stereocenters. The SMILES string of the molecule is O=CC(COC(=O)c1ccccc1)OC(=O)c1ccccc1. The van der Waals surface area contributed by atoms with Crippen LogP contribution < -0.4 is 0 Å². The van der Waals surface area contributed by atoms with Crippen LogP contribution in [0.25, 0.3) is 0 Å². The van der Waals surface area contributed by atoms with Crippen LogP contribution in [-0.4, -0.2) is 30.9 Å². The summed E-state index contributed by atoms with van der Waals surface area (Å²) in [5.74, 6) is -1.23. The van der Waals surface area contributed by atoms with Gasteiger partial charge in [-0.15, -0.1) is 0 Å². The molecule has 5 heteroatoms. The summed E-state index contributed by atoms with van der Waals surface area (Å²) in [6, 6.07) is 16.6. The van der Waals surface area contributed by atoms with Gasteiger partial charge in [0, 0.05) is 0 Å². The Kier molecular flexibility index (Phi) is 5.43. The fraction of sp³-hybridized carbons (Fsp3) is 0.118. The van der Waals surface area contributed by atoms with Crippen LogP contribution in [0.5, 0.6) is 0 Å². The number of hydrogen-bond donors (Lipinski definition) is 0. The van der Waals surface area contributed by atoms with Crippen LogP contribution >= 0.6 is 0 Å². The molecule has 5 nitrogen and oxygen atoms in total. The Hall–Kier alpha value is -2.95. The van der Waals surface area contributed by atoms with E-state index >= 15 is 0 Å². The fourth-order valence-electron chi connectivity index (χ4n) is 1.70. The van der Waals surface area contributed by atoms with E-state index in [-0.39, 0.29) is 6.61 Å². The van der Waals surface area contributed by atoms with Gasteiger partial charge in [0.25, 0.3) is 0 Å². The number of esters is 2. The molecule has 0 heterocycles. The van der Waals surface area contributed by atoms with E-state index in [1.165, 1.54) is 0 Å². The molecule has 0 bridgehead atoms. The van der Waals surface area contributed by atoms with E-state index in [1.807, 2.05) is 0 Å². The number of aldehydes is 1. The molecule has 0 aliphatic rings. The van der Waals surface area contributed by atoms with Gasteiger partial charge < -0.3 is 9.47 Å². The lowest BCUT2D eigenvalue weighted by molar-refractivity contribution is -0.117. The summed E-state index contributed by atoms with van der Waals surface area (Å²) in [4.78, 5) is 34.5. The van der Waals surface area contributed by atoms with Crippen molar-refractivity contribution in [2.75, 3.05) is 6.61 Å². The third-order valence-corrected chi connectivity index (χ3v) is 2.81. The quantitative estimate of drug-likeness (QED) is 0.604. The van der Waals surface area contributed by atoms with Crippen LogP contribution in [0.1, 0.15) is 20.7 Å². The van der Waals surface area contributed by atoms with E-state index in [9.17, 15) is 14.4 Å². The predicted molar refractivity (Wildman–Crippen MR) is 78.4 cm³/mol. The maximum atomic E-state index is 11.8. The first-order chi connectivity index (χ1) is 10.7. The van der Waals surface area contributed by atoms with E-state index in [0.717, 1.165) is 0 Å². The Bertz CT molecular complexity index is 637. The second kappa shape index (κ2) is 7.73. The number of carbonyl (C=O) groups is 3. The van der Waals surface area contributed by atoms with Gasteiger partial charge in [0.2, 0.25) is 0 Å². The highest BCUT2D eigenvalue weighted by Gasteiger charge is 2.17. The van der Waals surface area contributed by atoms with Crippen molar-refractivity contribution >= 4 is 18.2 Å². The molecule has 0 fully saturated rings. The lowest BCUT2D eigenvalue weighted by Gasteiger charge is -2.12. The summed E-state index contributed by atoms with van der Waals surface area (Å²) in [6.07, 6.45) is -0.709. The van der Waals surface area contributed by atoms with Crippen LogP contribution in [0.15, 0.2) is 60.7 Å². The van der Waals surface area contributed by atoms with Gasteiger partial charge in [0.05, 0.1) is 11.1 Å². The minimum absolute atomic E-state index is 0.323. The molecule has 2 aromatic carbocycles. The van der Waals surface area contributed by atoms with Crippen molar-refractivity contribution in [3.8, 4) is 0 Å². The normalized spacial score (nSPS) is 11.3. The summed E-state index contributed by atoms with van der Waals surface area (Å²) in [6.45, 7) is -0.324. The molecule has 0 aliphatic carbocycles. The Balaban J connectivity index is 1.89. The second-order valence-corrected chi connectivity index (χ2v) is 4.41. The zero-order valence-electron chi connectivity index (χ0n) is 11.7. The van der Waals surface area contributed by atoms with Crippen molar-refractivity contribution in [3.63, 3.8) is 0 Å². The topological polar surface area (TPSA) is 69.7 Å². The Labute approximate surface area is 127 Å². The Morgan fingerprint density at radius 1 is 0.864 bits per heavy atom.